The molecule has 0 saturated heterocycles. The lowest BCUT2D eigenvalue weighted by Crippen LogP contribution is -2.11. The normalized spacial score (nSPS) is 15.7. The molecule has 27 heavy (non-hydrogen) atoms. The molecule has 0 fully saturated rings. The molecular weight excluding hydrogens is 328 g/mol. The van der Waals surface area contributed by atoms with Gasteiger partial charge in [0.05, 0.1) is 0 Å². The van der Waals surface area contributed by atoms with Crippen LogP contribution in [0.15, 0.2) is 97.1 Å². The number of benzene rings is 4. The van der Waals surface area contributed by atoms with Crippen LogP contribution in [0.2, 0.25) is 0 Å². The van der Waals surface area contributed by atoms with Crippen molar-refractivity contribution in [2.45, 2.75) is 12.8 Å². The number of rotatable bonds is 2. The summed E-state index contributed by atoms with van der Waals surface area (Å²) < 4.78 is 6.36. The van der Waals surface area contributed by atoms with E-state index < -0.39 is 0 Å². The fourth-order valence-corrected chi connectivity index (χ4v) is 3.87. The topological polar surface area (TPSA) is 9.23 Å². The first-order valence-electron chi connectivity index (χ1n) is 9.33. The third-order valence-corrected chi connectivity index (χ3v) is 5.27. The maximum Gasteiger partial charge on any atom is 0.132 e. The van der Waals surface area contributed by atoms with Crippen LogP contribution in [-0.2, 0) is 0 Å². The van der Waals surface area contributed by atoms with E-state index in [1.54, 1.807) is 0 Å². The van der Waals surface area contributed by atoms with Gasteiger partial charge >= 0.3 is 0 Å². The van der Waals surface area contributed by atoms with E-state index in [-0.39, 0.29) is 5.92 Å². The molecule has 4 aromatic rings. The van der Waals surface area contributed by atoms with E-state index in [4.69, 9.17) is 4.74 Å². The molecule has 1 aliphatic heterocycles. The predicted octanol–water partition coefficient (Wildman–Crippen LogP) is 6.71. The maximum atomic E-state index is 6.36. The third kappa shape index (κ3) is 2.82. The number of fused-ring (bicyclic) bond motifs is 3. The lowest BCUT2D eigenvalue weighted by molar-refractivity contribution is 0.494. The highest BCUT2D eigenvalue weighted by Crippen LogP contribution is 2.44. The van der Waals surface area contributed by atoms with E-state index >= 15 is 0 Å². The fraction of sp³-hybridized carbons (Fsp3) is 0.0769. The molecule has 1 heteroatoms. The molecule has 0 N–H and O–H groups in total. The zero-order valence-corrected chi connectivity index (χ0v) is 15.2. The maximum absolute atomic E-state index is 6.36. The van der Waals surface area contributed by atoms with Crippen molar-refractivity contribution >= 4 is 16.5 Å². The Morgan fingerprint density at radius 3 is 2.26 bits per heavy atom. The first-order chi connectivity index (χ1) is 13.3. The van der Waals surface area contributed by atoms with Gasteiger partial charge in [-0.2, -0.15) is 0 Å². The van der Waals surface area contributed by atoms with E-state index in [9.17, 15) is 0 Å². The van der Waals surface area contributed by atoms with Gasteiger partial charge in [-0.25, -0.2) is 0 Å². The molecule has 5 rings (SSSR count). The summed E-state index contributed by atoms with van der Waals surface area (Å²) in [6, 6.07) is 32.0. The average Bonchev–Trinajstić information content (AvgIpc) is 2.74. The molecule has 4 aromatic carbocycles. The van der Waals surface area contributed by atoms with Crippen LogP contribution in [0.1, 0.15) is 28.2 Å². The molecule has 0 amide bonds. The van der Waals surface area contributed by atoms with Crippen LogP contribution in [0.5, 0.6) is 5.75 Å². The molecule has 0 spiro atoms. The zero-order chi connectivity index (χ0) is 18.2. The summed E-state index contributed by atoms with van der Waals surface area (Å²) in [5, 5.41) is 2.50. The number of hydrogen-bond donors (Lipinski definition) is 0. The molecule has 1 aliphatic rings. The van der Waals surface area contributed by atoms with Gasteiger partial charge in [0.1, 0.15) is 11.5 Å². The number of allylic oxidation sites excluding steroid dienone is 1. The van der Waals surface area contributed by atoms with Crippen molar-refractivity contribution in [1.82, 2.24) is 0 Å². The van der Waals surface area contributed by atoms with Crippen molar-refractivity contribution in [2.75, 3.05) is 0 Å². The molecule has 130 valence electrons. The average molecular weight is 348 g/mol. The second kappa shape index (κ2) is 6.44. The van der Waals surface area contributed by atoms with Crippen molar-refractivity contribution in [1.29, 1.82) is 0 Å². The van der Waals surface area contributed by atoms with Gasteiger partial charge in [-0.3, -0.25) is 0 Å². The van der Waals surface area contributed by atoms with Crippen LogP contribution in [0, 0.1) is 6.92 Å². The quantitative estimate of drug-likeness (QED) is 0.391. The summed E-state index contributed by atoms with van der Waals surface area (Å²) in [6.45, 7) is 2.13. The molecule has 0 saturated carbocycles. The largest absolute Gasteiger partial charge is 0.457 e. The van der Waals surface area contributed by atoms with Crippen molar-refractivity contribution < 1.29 is 4.74 Å². The van der Waals surface area contributed by atoms with Gasteiger partial charge in [-0.05, 0) is 35.4 Å². The van der Waals surface area contributed by atoms with Gasteiger partial charge in [0.2, 0.25) is 0 Å². The molecule has 0 radical (unpaired) electrons. The Labute approximate surface area is 159 Å². The minimum absolute atomic E-state index is 0.163. The van der Waals surface area contributed by atoms with E-state index in [1.165, 1.54) is 27.5 Å². The van der Waals surface area contributed by atoms with Crippen LogP contribution in [-0.4, -0.2) is 0 Å². The van der Waals surface area contributed by atoms with Gasteiger partial charge < -0.3 is 4.74 Å². The highest BCUT2D eigenvalue weighted by molar-refractivity contribution is 5.90. The summed E-state index contributed by atoms with van der Waals surface area (Å²) >= 11 is 0. The Kier molecular flexibility index (Phi) is 3.79. The highest BCUT2D eigenvalue weighted by Gasteiger charge is 2.26. The second-order valence-electron chi connectivity index (χ2n) is 7.09. The van der Waals surface area contributed by atoms with Crippen LogP contribution in [0.25, 0.3) is 16.5 Å². The molecule has 1 atom stereocenters. The lowest BCUT2D eigenvalue weighted by Gasteiger charge is -2.27. The van der Waals surface area contributed by atoms with E-state index in [0.29, 0.717) is 0 Å². The first kappa shape index (κ1) is 15.9. The van der Waals surface area contributed by atoms with Crippen LogP contribution >= 0.6 is 0 Å². The summed E-state index contributed by atoms with van der Waals surface area (Å²) in [6.07, 6.45) is 2.26. The molecule has 0 aromatic heterocycles. The Balaban J connectivity index is 1.75. The summed E-state index contributed by atoms with van der Waals surface area (Å²) in [5.41, 5.74) is 4.91. The fourth-order valence-electron chi connectivity index (χ4n) is 3.87. The summed E-state index contributed by atoms with van der Waals surface area (Å²) in [4.78, 5) is 0. The van der Waals surface area contributed by atoms with E-state index in [2.05, 4.69) is 97.9 Å². The monoisotopic (exact) mass is 348 g/mol. The minimum atomic E-state index is 0.163. The van der Waals surface area contributed by atoms with Gasteiger partial charge in [0.25, 0.3) is 0 Å². The summed E-state index contributed by atoms with van der Waals surface area (Å²) in [5.74, 6) is 2.03. The van der Waals surface area contributed by atoms with Gasteiger partial charge in [-0.15, -0.1) is 0 Å². The van der Waals surface area contributed by atoms with Crippen LogP contribution in [0.4, 0.5) is 0 Å². The minimum Gasteiger partial charge on any atom is -0.457 e. The molecule has 0 bridgehead atoms. The molecule has 0 unspecified atom stereocenters. The molecular formula is C26H20O. The van der Waals surface area contributed by atoms with Gasteiger partial charge in [0, 0.05) is 17.0 Å². The Bertz CT molecular complexity index is 1140. The smallest absolute Gasteiger partial charge is 0.132 e. The van der Waals surface area contributed by atoms with E-state index in [1.807, 2.05) is 6.07 Å². The van der Waals surface area contributed by atoms with Gasteiger partial charge in [0.15, 0.2) is 0 Å². The standard InChI is InChI=1S/C26H20O/c1-18-11-13-20(14-12-18)23-17-25(21-8-3-2-4-9-21)27-24-16-15-19-7-5-6-10-22(19)26(23)24/h2-17,23H,1H3/t23-/m1/s1. The zero-order valence-electron chi connectivity index (χ0n) is 15.2. The molecule has 1 nitrogen and oxygen atoms in total. The van der Waals surface area contributed by atoms with Crippen LogP contribution in [0.3, 0.4) is 0 Å². The molecule has 1 heterocycles. The van der Waals surface area contributed by atoms with Crippen molar-refractivity contribution in [3.8, 4) is 5.75 Å². The number of ether oxygens (including phenoxy) is 1. The summed E-state index contributed by atoms with van der Waals surface area (Å²) in [7, 11) is 0. The van der Waals surface area contributed by atoms with Gasteiger partial charge in [-0.1, -0.05) is 90.5 Å². The first-order valence-corrected chi connectivity index (χ1v) is 9.33. The second-order valence-corrected chi connectivity index (χ2v) is 7.09. The Morgan fingerprint density at radius 1 is 0.704 bits per heavy atom. The predicted molar refractivity (Wildman–Crippen MR) is 112 cm³/mol. The third-order valence-electron chi connectivity index (χ3n) is 5.27. The Morgan fingerprint density at radius 2 is 1.44 bits per heavy atom. The number of hydrogen-bond acceptors (Lipinski definition) is 1. The van der Waals surface area contributed by atoms with Crippen molar-refractivity contribution in [3.05, 3.63) is 119 Å². The van der Waals surface area contributed by atoms with Crippen LogP contribution < -0.4 is 4.74 Å². The molecule has 0 aliphatic carbocycles. The highest BCUT2D eigenvalue weighted by atomic mass is 16.5. The number of aryl methyl sites for hydroxylation is 1. The SMILES string of the molecule is Cc1ccc([C@H]2C=C(c3ccccc3)Oc3ccc4ccccc4c32)cc1. The van der Waals surface area contributed by atoms with E-state index in [0.717, 1.165) is 17.1 Å². The Hall–Kier alpha value is -3.32. The van der Waals surface area contributed by atoms with Crippen molar-refractivity contribution in [3.63, 3.8) is 0 Å². The lowest BCUT2D eigenvalue weighted by atomic mass is 9.84. The van der Waals surface area contributed by atoms with Crippen molar-refractivity contribution in [2.24, 2.45) is 0 Å².